The topological polar surface area (TPSA) is 163 Å². The molecule has 0 unspecified atom stereocenters. The van der Waals surface area contributed by atoms with Crippen molar-refractivity contribution in [3.05, 3.63) is 94.5 Å². The first-order valence-corrected chi connectivity index (χ1v) is 11.2. The second-order valence-electron chi connectivity index (χ2n) is 7.65. The number of nitrogens with zero attached hydrogens (tertiary/aromatic N) is 7. The van der Waals surface area contributed by atoms with Gasteiger partial charge in [-0.2, -0.15) is 15.2 Å². The first kappa shape index (κ1) is 27.6. The lowest BCUT2D eigenvalue weighted by Crippen LogP contribution is -2.37. The number of aromatic nitrogens is 6. The molecule has 37 heavy (non-hydrogen) atoms. The molecule has 0 aliphatic heterocycles. The van der Waals surface area contributed by atoms with E-state index >= 15 is 0 Å². The molecular weight excluding hydrogens is 531 g/mol. The molecule has 0 aliphatic rings. The summed E-state index contributed by atoms with van der Waals surface area (Å²) in [6.45, 7) is -0.148. The summed E-state index contributed by atoms with van der Waals surface area (Å²) < 4.78 is 29.9. The van der Waals surface area contributed by atoms with E-state index in [1.807, 2.05) is 0 Å². The molecule has 0 fully saturated rings. The Labute approximate surface area is 219 Å². The Morgan fingerprint density at radius 2 is 1.57 bits per heavy atom. The maximum atomic E-state index is 14.1. The van der Waals surface area contributed by atoms with E-state index in [0.717, 1.165) is 12.1 Å². The summed E-state index contributed by atoms with van der Waals surface area (Å²) in [6.07, 6.45) is 5.38. The van der Waals surface area contributed by atoms with Gasteiger partial charge in [-0.15, -0.1) is 0 Å². The van der Waals surface area contributed by atoms with Crippen molar-refractivity contribution < 1.29 is 18.7 Å². The number of nitrogens with two attached hydrogens (primary N) is 2. The largest absolute Gasteiger partial charge is 0.381 e. The molecule has 0 saturated heterocycles. The van der Waals surface area contributed by atoms with Crippen molar-refractivity contribution >= 4 is 35.1 Å². The van der Waals surface area contributed by atoms with Gasteiger partial charge in [0, 0.05) is 21.7 Å². The number of aliphatic hydroxyl groups is 1. The van der Waals surface area contributed by atoms with E-state index in [-0.39, 0.29) is 31.0 Å². The van der Waals surface area contributed by atoms with Crippen LogP contribution in [0.1, 0.15) is 11.1 Å². The minimum absolute atomic E-state index is 0.0175. The molecule has 0 spiro atoms. The minimum Gasteiger partial charge on any atom is -0.381 e. The van der Waals surface area contributed by atoms with Gasteiger partial charge in [0.25, 0.3) is 5.91 Å². The monoisotopic (exact) mass is 551 g/mol. The van der Waals surface area contributed by atoms with E-state index in [9.17, 15) is 18.7 Å². The number of rotatable bonds is 7. The van der Waals surface area contributed by atoms with Crippen LogP contribution in [0.15, 0.2) is 66.7 Å². The van der Waals surface area contributed by atoms with Gasteiger partial charge >= 0.3 is 0 Å². The van der Waals surface area contributed by atoms with Crippen molar-refractivity contribution in [3.63, 3.8) is 0 Å². The lowest BCUT2D eigenvalue weighted by atomic mass is 9.93. The predicted octanol–water partition coefficient (Wildman–Crippen LogP) is 2.07. The fraction of sp³-hybridized carbons (Fsp3) is 0.182. The van der Waals surface area contributed by atoms with Crippen LogP contribution in [0.4, 0.5) is 8.78 Å². The third-order valence-corrected chi connectivity index (χ3v) is 5.56. The highest BCUT2D eigenvalue weighted by atomic mass is 35.5. The zero-order chi connectivity index (χ0) is 27.0. The van der Waals surface area contributed by atoms with Crippen molar-refractivity contribution in [1.29, 1.82) is 0 Å². The van der Waals surface area contributed by atoms with Crippen LogP contribution in [0, 0.1) is 11.6 Å². The lowest BCUT2D eigenvalue weighted by Gasteiger charge is -2.28. The Balaban J connectivity index is 0.000000222. The van der Waals surface area contributed by atoms with E-state index in [4.69, 9.17) is 34.7 Å². The summed E-state index contributed by atoms with van der Waals surface area (Å²) in [5.74, 6) is -2.32. The van der Waals surface area contributed by atoms with Crippen LogP contribution in [0.5, 0.6) is 0 Å². The van der Waals surface area contributed by atoms with Crippen LogP contribution in [0.2, 0.25) is 10.0 Å². The molecular formula is C22H21Cl2F2N9O2. The number of guanidine groups is 1. The lowest BCUT2D eigenvalue weighted by molar-refractivity contribution is -0.117. The maximum Gasteiger partial charge on any atom is 0.253 e. The molecule has 11 nitrogen and oxygen atoms in total. The van der Waals surface area contributed by atoms with Gasteiger partial charge in [0.2, 0.25) is 0 Å². The van der Waals surface area contributed by atoms with Gasteiger partial charge in [-0.3, -0.25) is 4.79 Å². The second kappa shape index (κ2) is 12.3. The molecule has 0 radical (unpaired) electrons. The van der Waals surface area contributed by atoms with Gasteiger partial charge in [-0.1, -0.05) is 35.3 Å². The Morgan fingerprint density at radius 3 is 2.03 bits per heavy atom. The summed E-state index contributed by atoms with van der Waals surface area (Å²) in [5, 5.41) is 19.6. The van der Waals surface area contributed by atoms with Gasteiger partial charge in [-0.05, 0) is 23.8 Å². The van der Waals surface area contributed by atoms with Gasteiger partial charge in [0.1, 0.15) is 42.5 Å². The smallest absolute Gasteiger partial charge is 0.253 e. The fourth-order valence-electron chi connectivity index (χ4n) is 3.29. The molecule has 1 amide bonds. The van der Waals surface area contributed by atoms with E-state index < -0.39 is 23.1 Å². The second-order valence-corrected chi connectivity index (χ2v) is 8.46. The fourth-order valence-corrected chi connectivity index (χ4v) is 3.82. The third kappa shape index (κ3) is 7.77. The average molecular weight is 552 g/mol. The molecule has 194 valence electrons. The Bertz CT molecular complexity index is 1310. The molecule has 5 N–H and O–H groups in total. The molecule has 2 heterocycles. The first-order valence-electron chi connectivity index (χ1n) is 10.5. The SMILES string of the molecule is NC(N)=NC(=O)Cc1c(Cl)cccc1Cl.OC(Cn1cncn1)(Cn1cncn1)c1ccc(F)cc1F. The number of carbonyl (C=O) groups is 1. The Hall–Kier alpha value is -3.94. The minimum atomic E-state index is -1.70. The number of halogens is 4. The van der Waals surface area contributed by atoms with Crippen molar-refractivity contribution in [3.8, 4) is 0 Å². The van der Waals surface area contributed by atoms with Gasteiger partial charge in [0.15, 0.2) is 5.96 Å². The van der Waals surface area contributed by atoms with Gasteiger partial charge in [0.05, 0.1) is 19.5 Å². The number of hydrogen-bond donors (Lipinski definition) is 3. The van der Waals surface area contributed by atoms with Crippen molar-refractivity contribution in [2.45, 2.75) is 25.1 Å². The number of benzene rings is 2. The molecule has 0 aliphatic carbocycles. The van der Waals surface area contributed by atoms with Gasteiger partial charge < -0.3 is 16.6 Å². The molecule has 0 saturated carbocycles. The summed E-state index contributed by atoms with van der Waals surface area (Å²) >= 11 is 11.7. The van der Waals surface area contributed by atoms with E-state index in [1.54, 1.807) is 18.2 Å². The molecule has 2 aromatic heterocycles. The standard InChI is InChI=1S/C13H12F2N6O.C9H9Cl2N3O/c14-10-1-2-11(12(15)3-10)13(22,4-20-8-16-6-18-20)5-21-9-17-7-19-21;10-6-2-1-3-7(11)5(6)4-8(15)14-9(12)13/h1-3,6-9,22H,4-5H2;1-3H,4H2,(H4,12,13,14,15). The van der Waals surface area contributed by atoms with Crippen LogP contribution in [-0.4, -0.2) is 46.5 Å². The summed E-state index contributed by atoms with van der Waals surface area (Å²) in [5.41, 5.74) is 8.90. The van der Waals surface area contributed by atoms with E-state index in [0.29, 0.717) is 15.6 Å². The quantitative estimate of drug-likeness (QED) is 0.232. The average Bonchev–Trinajstić information content (AvgIpc) is 3.50. The van der Waals surface area contributed by atoms with Crippen LogP contribution >= 0.6 is 23.2 Å². The number of carbonyl (C=O) groups excluding carboxylic acids is 1. The maximum absolute atomic E-state index is 14.1. The molecule has 2 aromatic carbocycles. The zero-order valence-corrected chi connectivity index (χ0v) is 20.6. The molecule has 0 bridgehead atoms. The van der Waals surface area contributed by atoms with E-state index in [1.165, 1.54) is 40.7 Å². The number of aliphatic imine (C=N–C) groups is 1. The highest BCUT2D eigenvalue weighted by molar-refractivity contribution is 6.36. The summed E-state index contributed by atoms with van der Waals surface area (Å²) in [6, 6.07) is 8.00. The number of hydrogen-bond acceptors (Lipinski definition) is 6. The highest BCUT2D eigenvalue weighted by Crippen LogP contribution is 2.28. The molecule has 0 atom stereocenters. The summed E-state index contributed by atoms with van der Waals surface area (Å²) in [4.78, 5) is 22.2. The zero-order valence-electron chi connectivity index (χ0n) is 19.0. The molecule has 4 aromatic rings. The Morgan fingerprint density at radius 1 is 1.00 bits per heavy atom. The molecule has 15 heteroatoms. The van der Waals surface area contributed by atoms with Crippen LogP contribution in [0.3, 0.4) is 0 Å². The van der Waals surface area contributed by atoms with Crippen molar-refractivity contribution in [1.82, 2.24) is 29.5 Å². The third-order valence-electron chi connectivity index (χ3n) is 4.86. The predicted molar refractivity (Wildman–Crippen MR) is 131 cm³/mol. The highest BCUT2D eigenvalue weighted by Gasteiger charge is 2.34. The normalized spacial score (nSPS) is 10.9. The van der Waals surface area contributed by atoms with Crippen molar-refractivity contribution in [2.24, 2.45) is 16.5 Å². The van der Waals surface area contributed by atoms with Gasteiger partial charge in [-0.25, -0.2) is 28.1 Å². The van der Waals surface area contributed by atoms with Crippen molar-refractivity contribution in [2.75, 3.05) is 0 Å². The Kier molecular flexibility index (Phi) is 9.22. The number of amides is 1. The van der Waals surface area contributed by atoms with E-state index in [2.05, 4.69) is 25.2 Å². The first-order chi connectivity index (χ1) is 17.6. The van der Waals surface area contributed by atoms with Crippen LogP contribution in [0.25, 0.3) is 0 Å². The van der Waals surface area contributed by atoms with Crippen LogP contribution < -0.4 is 11.5 Å². The summed E-state index contributed by atoms with van der Waals surface area (Å²) in [7, 11) is 0. The molecule has 4 rings (SSSR count). The van der Waals surface area contributed by atoms with Crippen LogP contribution in [-0.2, 0) is 29.9 Å².